The van der Waals surface area contributed by atoms with Gasteiger partial charge in [0.05, 0.1) is 6.42 Å². The average molecular weight is 252 g/mol. The van der Waals surface area contributed by atoms with Gasteiger partial charge in [-0.1, -0.05) is 66.2 Å². The Kier molecular flexibility index (Phi) is 4.14. The number of aliphatic carboxylic acids is 1. The molecular formula is C17H16O2. The van der Waals surface area contributed by atoms with Crippen molar-refractivity contribution >= 4 is 12.0 Å². The van der Waals surface area contributed by atoms with Crippen molar-refractivity contribution in [2.75, 3.05) is 0 Å². The van der Waals surface area contributed by atoms with Crippen molar-refractivity contribution in [3.05, 3.63) is 65.7 Å². The van der Waals surface area contributed by atoms with Gasteiger partial charge in [-0.05, 0) is 23.6 Å². The molecule has 2 nitrogen and oxygen atoms in total. The zero-order chi connectivity index (χ0) is 13.7. The largest absolute Gasteiger partial charge is 0.481 e. The highest BCUT2D eigenvalue weighted by atomic mass is 16.4. The van der Waals surface area contributed by atoms with Crippen LogP contribution in [0, 0.1) is 6.92 Å². The van der Waals surface area contributed by atoms with Gasteiger partial charge in [-0.2, -0.15) is 0 Å². The Bertz CT molecular complexity index is 578. The van der Waals surface area contributed by atoms with Crippen molar-refractivity contribution in [2.45, 2.75) is 13.3 Å². The van der Waals surface area contributed by atoms with E-state index in [1.807, 2.05) is 30.3 Å². The summed E-state index contributed by atoms with van der Waals surface area (Å²) in [6.45, 7) is 2.07. The van der Waals surface area contributed by atoms with Crippen LogP contribution in [0.25, 0.3) is 17.2 Å². The van der Waals surface area contributed by atoms with Gasteiger partial charge in [-0.25, -0.2) is 0 Å². The summed E-state index contributed by atoms with van der Waals surface area (Å²) < 4.78 is 0. The predicted molar refractivity (Wildman–Crippen MR) is 77.9 cm³/mol. The van der Waals surface area contributed by atoms with Crippen molar-refractivity contribution in [3.63, 3.8) is 0 Å². The molecule has 0 aliphatic heterocycles. The lowest BCUT2D eigenvalue weighted by atomic mass is 10.0. The minimum atomic E-state index is -0.812. The van der Waals surface area contributed by atoms with Gasteiger partial charge in [-0.15, -0.1) is 0 Å². The van der Waals surface area contributed by atoms with Gasteiger partial charge < -0.3 is 5.11 Å². The molecule has 0 saturated carbocycles. The van der Waals surface area contributed by atoms with Crippen molar-refractivity contribution in [1.29, 1.82) is 0 Å². The lowest BCUT2D eigenvalue weighted by Crippen LogP contribution is -1.89. The number of benzene rings is 2. The summed E-state index contributed by atoms with van der Waals surface area (Å²) in [6.07, 6.45) is 3.54. The van der Waals surface area contributed by atoms with E-state index in [9.17, 15) is 4.79 Å². The summed E-state index contributed by atoms with van der Waals surface area (Å²) in [5.41, 5.74) is 4.61. The second-order valence-corrected chi connectivity index (χ2v) is 4.49. The molecule has 0 saturated heterocycles. The molecule has 0 amide bonds. The van der Waals surface area contributed by atoms with Gasteiger partial charge in [0, 0.05) is 0 Å². The maximum atomic E-state index is 10.4. The number of hydrogen-bond acceptors (Lipinski definition) is 1. The second-order valence-electron chi connectivity index (χ2n) is 4.49. The van der Waals surface area contributed by atoms with Crippen LogP contribution in [0.4, 0.5) is 0 Å². The highest BCUT2D eigenvalue weighted by molar-refractivity contribution is 5.71. The highest BCUT2D eigenvalue weighted by Gasteiger charge is 1.97. The zero-order valence-electron chi connectivity index (χ0n) is 10.8. The molecule has 1 N–H and O–H groups in total. The van der Waals surface area contributed by atoms with E-state index in [1.54, 1.807) is 6.08 Å². The third kappa shape index (κ3) is 3.81. The van der Waals surface area contributed by atoms with Gasteiger partial charge in [0.15, 0.2) is 0 Å². The summed E-state index contributed by atoms with van der Waals surface area (Å²) in [5.74, 6) is -0.812. The molecule has 0 bridgehead atoms. The van der Waals surface area contributed by atoms with Crippen LogP contribution in [0.5, 0.6) is 0 Å². The number of hydrogen-bond donors (Lipinski definition) is 1. The zero-order valence-corrected chi connectivity index (χ0v) is 10.8. The fraction of sp³-hybridized carbons (Fsp3) is 0.118. The van der Waals surface area contributed by atoms with Crippen LogP contribution in [-0.4, -0.2) is 11.1 Å². The molecule has 0 aliphatic rings. The number of carbonyl (C=O) groups is 1. The molecule has 2 aromatic rings. The molecule has 0 radical (unpaired) electrons. The molecule has 0 aromatic heterocycles. The molecule has 96 valence electrons. The summed E-state index contributed by atoms with van der Waals surface area (Å²) >= 11 is 0. The van der Waals surface area contributed by atoms with E-state index in [0.29, 0.717) is 0 Å². The van der Waals surface area contributed by atoms with E-state index >= 15 is 0 Å². The molecule has 2 heteroatoms. The first-order valence-corrected chi connectivity index (χ1v) is 6.20. The van der Waals surface area contributed by atoms with Crippen LogP contribution >= 0.6 is 0 Å². The van der Waals surface area contributed by atoms with Gasteiger partial charge in [-0.3, -0.25) is 4.79 Å². The Labute approximate surface area is 113 Å². The van der Waals surface area contributed by atoms with Crippen LogP contribution < -0.4 is 0 Å². The maximum absolute atomic E-state index is 10.4. The van der Waals surface area contributed by atoms with Gasteiger partial charge >= 0.3 is 5.97 Å². The van der Waals surface area contributed by atoms with E-state index in [1.165, 1.54) is 11.1 Å². The number of carboxylic acid groups (broad SMARTS) is 1. The van der Waals surface area contributed by atoms with E-state index in [-0.39, 0.29) is 6.42 Å². The van der Waals surface area contributed by atoms with Crippen molar-refractivity contribution in [2.24, 2.45) is 0 Å². The van der Waals surface area contributed by atoms with Crippen molar-refractivity contribution < 1.29 is 9.90 Å². The Balaban J connectivity index is 2.12. The minimum absolute atomic E-state index is 0.0553. The molecule has 0 aliphatic carbocycles. The van der Waals surface area contributed by atoms with Crippen molar-refractivity contribution in [1.82, 2.24) is 0 Å². The highest BCUT2D eigenvalue weighted by Crippen LogP contribution is 2.20. The Morgan fingerprint density at radius 1 is 1.00 bits per heavy atom. The van der Waals surface area contributed by atoms with Crippen LogP contribution in [0.1, 0.15) is 17.5 Å². The molecule has 0 spiro atoms. The second kappa shape index (κ2) is 6.01. The fourth-order valence-corrected chi connectivity index (χ4v) is 1.83. The maximum Gasteiger partial charge on any atom is 0.307 e. The van der Waals surface area contributed by atoms with Gasteiger partial charge in [0.1, 0.15) is 0 Å². The third-order valence-corrected chi connectivity index (χ3v) is 2.90. The topological polar surface area (TPSA) is 37.3 Å². The van der Waals surface area contributed by atoms with Crippen LogP contribution in [0.15, 0.2) is 54.6 Å². The lowest BCUT2D eigenvalue weighted by Gasteiger charge is -2.03. The number of carboxylic acids is 1. The van der Waals surface area contributed by atoms with Crippen molar-refractivity contribution in [3.8, 4) is 11.1 Å². The molecule has 0 heterocycles. The predicted octanol–water partition coefficient (Wildman–Crippen LogP) is 4.15. The van der Waals surface area contributed by atoms with E-state index in [2.05, 4.69) is 31.2 Å². The van der Waals surface area contributed by atoms with Crippen LogP contribution in [0.3, 0.4) is 0 Å². The molecule has 2 rings (SSSR count). The molecule has 0 fully saturated rings. The SMILES string of the molecule is Cc1ccc(-c2ccc(/C=C/CC(=O)O)cc2)cc1. The van der Waals surface area contributed by atoms with Crippen LogP contribution in [0.2, 0.25) is 0 Å². The molecule has 0 unspecified atom stereocenters. The van der Waals surface area contributed by atoms with Gasteiger partial charge in [0.2, 0.25) is 0 Å². The smallest absolute Gasteiger partial charge is 0.307 e. The Hall–Kier alpha value is -2.35. The molecule has 2 aromatic carbocycles. The number of aryl methyl sites for hydroxylation is 1. The average Bonchev–Trinajstić information content (AvgIpc) is 2.40. The first-order chi connectivity index (χ1) is 9.15. The summed E-state index contributed by atoms with van der Waals surface area (Å²) in [5, 5.41) is 8.56. The molecule has 0 atom stereocenters. The Morgan fingerprint density at radius 3 is 2.05 bits per heavy atom. The first-order valence-electron chi connectivity index (χ1n) is 6.20. The Morgan fingerprint density at radius 2 is 1.53 bits per heavy atom. The fourth-order valence-electron chi connectivity index (χ4n) is 1.83. The van der Waals surface area contributed by atoms with Gasteiger partial charge in [0.25, 0.3) is 0 Å². The van der Waals surface area contributed by atoms with Crippen LogP contribution in [-0.2, 0) is 4.79 Å². The van der Waals surface area contributed by atoms with E-state index in [0.717, 1.165) is 11.1 Å². The van der Waals surface area contributed by atoms with E-state index in [4.69, 9.17) is 5.11 Å². The summed E-state index contributed by atoms with van der Waals surface area (Å²) in [7, 11) is 0. The first kappa shape index (κ1) is 13.1. The molecule has 19 heavy (non-hydrogen) atoms. The summed E-state index contributed by atoms with van der Waals surface area (Å²) in [4.78, 5) is 10.4. The monoisotopic (exact) mass is 252 g/mol. The molecular weight excluding hydrogens is 236 g/mol. The van der Waals surface area contributed by atoms with E-state index < -0.39 is 5.97 Å². The quantitative estimate of drug-likeness (QED) is 0.887. The lowest BCUT2D eigenvalue weighted by molar-refractivity contribution is -0.135. The normalized spacial score (nSPS) is 10.8. The standard InChI is InChI=1S/C17H16O2/c1-13-5-9-15(10-6-13)16-11-7-14(8-12-16)3-2-4-17(18)19/h2-3,5-12H,4H2,1H3,(H,18,19)/b3-2+. The third-order valence-electron chi connectivity index (χ3n) is 2.90. The number of rotatable bonds is 4. The summed E-state index contributed by atoms with van der Waals surface area (Å²) in [6, 6.07) is 16.5. The minimum Gasteiger partial charge on any atom is -0.481 e.